The van der Waals surface area contributed by atoms with E-state index in [1.165, 1.54) is 60.1 Å². The van der Waals surface area contributed by atoms with Crippen molar-refractivity contribution in [3.63, 3.8) is 0 Å². The Morgan fingerprint density at radius 3 is 2.58 bits per heavy atom. The Balaban J connectivity index is 1.67. The van der Waals surface area contributed by atoms with Crippen LogP contribution in [0.5, 0.6) is 0 Å². The van der Waals surface area contributed by atoms with Crippen LogP contribution in [0.2, 0.25) is 0 Å². The SMILES string of the molecule is OC(c1ccc2c(c1)CCC2)c1cc2c(s1)CCC2. The molecule has 0 bridgehead atoms. The van der Waals surface area contributed by atoms with Crippen molar-refractivity contribution in [2.45, 2.75) is 44.6 Å². The third kappa shape index (κ3) is 1.94. The fourth-order valence-electron chi connectivity index (χ4n) is 3.41. The lowest BCUT2D eigenvalue weighted by atomic mass is 10.0. The van der Waals surface area contributed by atoms with Gasteiger partial charge < -0.3 is 5.11 Å². The predicted molar refractivity (Wildman–Crippen MR) is 78.9 cm³/mol. The van der Waals surface area contributed by atoms with E-state index in [1.54, 1.807) is 0 Å². The number of benzene rings is 1. The lowest BCUT2D eigenvalue weighted by Gasteiger charge is -2.11. The molecule has 0 saturated carbocycles. The van der Waals surface area contributed by atoms with Crippen LogP contribution in [0.15, 0.2) is 24.3 Å². The van der Waals surface area contributed by atoms with Crippen molar-refractivity contribution in [2.75, 3.05) is 0 Å². The summed E-state index contributed by atoms with van der Waals surface area (Å²) in [6.07, 6.45) is 6.91. The summed E-state index contributed by atoms with van der Waals surface area (Å²) in [6, 6.07) is 8.77. The van der Waals surface area contributed by atoms with Crippen molar-refractivity contribution in [2.24, 2.45) is 0 Å². The van der Waals surface area contributed by atoms with Gasteiger partial charge in [0.1, 0.15) is 6.10 Å². The van der Waals surface area contributed by atoms with Crippen LogP contribution in [0, 0.1) is 0 Å². The van der Waals surface area contributed by atoms with E-state index in [4.69, 9.17) is 0 Å². The first-order valence-corrected chi connectivity index (χ1v) is 8.04. The lowest BCUT2D eigenvalue weighted by Crippen LogP contribution is -1.98. The highest BCUT2D eigenvalue weighted by Crippen LogP contribution is 2.37. The number of hydrogen-bond acceptors (Lipinski definition) is 2. The Hall–Kier alpha value is -1.12. The maximum atomic E-state index is 10.6. The summed E-state index contributed by atoms with van der Waals surface area (Å²) in [7, 11) is 0. The number of thiophene rings is 1. The van der Waals surface area contributed by atoms with E-state index in [9.17, 15) is 5.11 Å². The molecule has 1 unspecified atom stereocenters. The third-order valence-electron chi connectivity index (χ3n) is 4.47. The van der Waals surface area contributed by atoms with Crippen LogP contribution in [-0.4, -0.2) is 5.11 Å². The van der Waals surface area contributed by atoms with Gasteiger partial charge in [0, 0.05) is 9.75 Å². The van der Waals surface area contributed by atoms with Crippen molar-refractivity contribution < 1.29 is 5.11 Å². The van der Waals surface area contributed by atoms with Crippen molar-refractivity contribution in [1.29, 1.82) is 0 Å². The van der Waals surface area contributed by atoms with Crippen LogP contribution >= 0.6 is 11.3 Å². The normalized spacial score (nSPS) is 18.4. The van der Waals surface area contributed by atoms with E-state index in [-0.39, 0.29) is 0 Å². The second kappa shape index (κ2) is 4.46. The van der Waals surface area contributed by atoms with Crippen molar-refractivity contribution >= 4 is 11.3 Å². The molecule has 0 radical (unpaired) electrons. The van der Waals surface area contributed by atoms with Gasteiger partial charge in [-0.1, -0.05) is 18.2 Å². The molecule has 98 valence electrons. The smallest absolute Gasteiger partial charge is 0.113 e. The van der Waals surface area contributed by atoms with Crippen LogP contribution in [0.25, 0.3) is 0 Å². The number of aliphatic hydroxyl groups excluding tert-OH is 1. The molecular formula is C17H18OS. The number of rotatable bonds is 2. The summed E-state index contributed by atoms with van der Waals surface area (Å²) in [5.41, 5.74) is 5.46. The predicted octanol–water partition coefficient (Wildman–Crippen LogP) is 3.81. The van der Waals surface area contributed by atoms with Gasteiger partial charge in [-0.25, -0.2) is 0 Å². The summed E-state index contributed by atoms with van der Waals surface area (Å²) < 4.78 is 0. The Kier molecular flexibility index (Phi) is 2.75. The molecule has 0 fully saturated rings. The molecule has 0 spiro atoms. The molecule has 0 saturated heterocycles. The zero-order valence-electron chi connectivity index (χ0n) is 11.0. The van der Waals surface area contributed by atoms with Gasteiger partial charge in [-0.05, 0) is 66.8 Å². The first-order chi connectivity index (χ1) is 9.31. The van der Waals surface area contributed by atoms with E-state index in [2.05, 4.69) is 24.3 Å². The molecule has 1 heterocycles. The molecule has 1 atom stereocenters. The minimum absolute atomic E-state index is 0.429. The summed E-state index contributed by atoms with van der Waals surface area (Å²) >= 11 is 1.81. The Morgan fingerprint density at radius 2 is 1.68 bits per heavy atom. The van der Waals surface area contributed by atoms with E-state index < -0.39 is 6.10 Å². The average Bonchev–Trinajstić information content (AvgIpc) is 3.11. The number of aryl methyl sites for hydroxylation is 4. The minimum atomic E-state index is -0.429. The van der Waals surface area contributed by atoms with Crippen LogP contribution in [0.3, 0.4) is 0 Å². The molecule has 4 rings (SSSR count). The van der Waals surface area contributed by atoms with Crippen LogP contribution in [0.4, 0.5) is 0 Å². The fraction of sp³-hybridized carbons (Fsp3) is 0.412. The number of fused-ring (bicyclic) bond motifs is 2. The van der Waals surface area contributed by atoms with Gasteiger partial charge in [0.05, 0.1) is 0 Å². The fourth-order valence-corrected chi connectivity index (χ4v) is 4.68. The van der Waals surface area contributed by atoms with Gasteiger partial charge in [-0.15, -0.1) is 11.3 Å². The van der Waals surface area contributed by atoms with E-state index in [0.717, 1.165) is 10.4 Å². The maximum absolute atomic E-state index is 10.6. The molecule has 2 aromatic rings. The molecule has 1 aromatic heterocycles. The van der Waals surface area contributed by atoms with E-state index >= 15 is 0 Å². The summed E-state index contributed by atoms with van der Waals surface area (Å²) in [5.74, 6) is 0. The molecular weight excluding hydrogens is 252 g/mol. The van der Waals surface area contributed by atoms with Gasteiger partial charge in [0.15, 0.2) is 0 Å². The average molecular weight is 270 g/mol. The molecule has 2 heteroatoms. The highest BCUT2D eigenvalue weighted by atomic mass is 32.1. The monoisotopic (exact) mass is 270 g/mol. The molecule has 0 amide bonds. The largest absolute Gasteiger partial charge is 0.383 e. The molecule has 0 aliphatic heterocycles. The third-order valence-corrected chi connectivity index (χ3v) is 5.76. The summed E-state index contributed by atoms with van der Waals surface area (Å²) in [6.45, 7) is 0. The van der Waals surface area contributed by atoms with E-state index in [0.29, 0.717) is 0 Å². The summed E-state index contributed by atoms with van der Waals surface area (Å²) in [5, 5.41) is 10.6. The number of hydrogen-bond donors (Lipinski definition) is 1. The topological polar surface area (TPSA) is 20.2 Å². The highest BCUT2D eigenvalue weighted by molar-refractivity contribution is 7.12. The van der Waals surface area contributed by atoms with Gasteiger partial charge in [-0.2, -0.15) is 0 Å². The van der Waals surface area contributed by atoms with Crippen LogP contribution < -0.4 is 0 Å². The second-order valence-electron chi connectivity index (χ2n) is 5.73. The highest BCUT2D eigenvalue weighted by Gasteiger charge is 2.21. The lowest BCUT2D eigenvalue weighted by molar-refractivity contribution is 0.224. The first-order valence-electron chi connectivity index (χ1n) is 7.22. The Morgan fingerprint density at radius 1 is 0.895 bits per heavy atom. The molecule has 2 aliphatic rings. The first kappa shape index (κ1) is 11.7. The van der Waals surface area contributed by atoms with Gasteiger partial charge in [0.2, 0.25) is 0 Å². The standard InChI is InChI=1S/C17H18OS/c18-17(16-10-13-5-2-6-15(13)19-16)14-8-7-11-3-1-4-12(11)9-14/h7-10,17-18H,1-6H2. The number of aliphatic hydroxyl groups is 1. The summed E-state index contributed by atoms with van der Waals surface area (Å²) in [4.78, 5) is 2.62. The molecule has 19 heavy (non-hydrogen) atoms. The Bertz CT molecular complexity index is 605. The molecule has 2 aliphatic carbocycles. The molecule has 1 aromatic carbocycles. The minimum Gasteiger partial charge on any atom is -0.383 e. The van der Waals surface area contributed by atoms with Gasteiger partial charge in [-0.3, -0.25) is 0 Å². The maximum Gasteiger partial charge on any atom is 0.113 e. The second-order valence-corrected chi connectivity index (χ2v) is 6.90. The molecule has 1 N–H and O–H groups in total. The zero-order valence-corrected chi connectivity index (χ0v) is 11.8. The van der Waals surface area contributed by atoms with Crippen molar-refractivity contribution in [3.8, 4) is 0 Å². The Labute approximate surface area is 117 Å². The van der Waals surface area contributed by atoms with Crippen molar-refractivity contribution in [1.82, 2.24) is 0 Å². The van der Waals surface area contributed by atoms with Crippen LogP contribution in [0.1, 0.15) is 51.0 Å². The van der Waals surface area contributed by atoms with Gasteiger partial charge in [0.25, 0.3) is 0 Å². The van der Waals surface area contributed by atoms with Crippen molar-refractivity contribution in [3.05, 3.63) is 56.3 Å². The van der Waals surface area contributed by atoms with Gasteiger partial charge >= 0.3 is 0 Å². The quantitative estimate of drug-likeness (QED) is 0.880. The molecule has 1 nitrogen and oxygen atoms in total. The zero-order chi connectivity index (χ0) is 12.8. The van der Waals surface area contributed by atoms with Crippen LogP contribution in [-0.2, 0) is 25.7 Å². The van der Waals surface area contributed by atoms with E-state index in [1.807, 2.05) is 11.3 Å².